The summed E-state index contributed by atoms with van der Waals surface area (Å²) in [6.45, 7) is 0. The number of fused-ring (bicyclic) bond motifs is 1. The smallest absolute Gasteiger partial charge is 0.321 e. The molecule has 1 aromatic carbocycles. The van der Waals surface area contributed by atoms with Crippen LogP contribution in [0.4, 0.5) is 10.5 Å². The second kappa shape index (κ2) is 3.65. The van der Waals surface area contributed by atoms with E-state index in [4.69, 9.17) is 0 Å². The lowest BCUT2D eigenvalue weighted by atomic mass is 10.2. The summed E-state index contributed by atoms with van der Waals surface area (Å²) >= 11 is 0. The van der Waals surface area contributed by atoms with Crippen molar-refractivity contribution in [3.05, 3.63) is 30.5 Å². The molecule has 0 spiro atoms. The van der Waals surface area contributed by atoms with Crippen LogP contribution >= 0.6 is 0 Å². The maximum absolute atomic E-state index is 11.5. The van der Waals surface area contributed by atoms with Gasteiger partial charge in [0.2, 0.25) is 0 Å². The summed E-state index contributed by atoms with van der Waals surface area (Å²) in [5, 5.41) is 3.84. The van der Waals surface area contributed by atoms with E-state index in [2.05, 4.69) is 10.3 Å². The number of aromatic nitrogens is 1. The van der Waals surface area contributed by atoms with Gasteiger partial charge < -0.3 is 15.2 Å². The monoisotopic (exact) mass is 203 g/mol. The first-order valence-electron chi connectivity index (χ1n) is 4.73. The van der Waals surface area contributed by atoms with Crippen LogP contribution in [0.15, 0.2) is 30.5 Å². The second-order valence-electron chi connectivity index (χ2n) is 3.57. The number of nitrogens with zero attached hydrogens (tertiary/aromatic N) is 1. The molecule has 2 aromatic rings. The number of nitrogens with one attached hydrogen (secondary N) is 2. The first kappa shape index (κ1) is 9.58. The molecule has 0 fully saturated rings. The maximum atomic E-state index is 11.5. The fraction of sp³-hybridized carbons (Fsp3) is 0.182. The molecule has 0 bridgehead atoms. The molecular formula is C11H13N3O. The highest BCUT2D eigenvalue weighted by Crippen LogP contribution is 2.22. The van der Waals surface area contributed by atoms with Crippen molar-refractivity contribution in [1.82, 2.24) is 9.88 Å². The van der Waals surface area contributed by atoms with E-state index in [0.29, 0.717) is 0 Å². The molecule has 0 aliphatic heterocycles. The van der Waals surface area contributed by atoms with Crippen molar-refractivity contribution in [3.63, 3.8) is 0 Å². The van der Waals surface area contributed by atoms with E-state index in [-0.39, 0.29) is 6.03 Å². The zero-order chi connectivity index (χ0) is 10.8. The van der Waals surface area contributed by atoms with Gasteiger partial charge in [-0.3, -0.25) is 0 Å². The van der Waals surface area contributed by atoms with E-state index in [1.54, 1.807) is 20.3 Å². The van der Waals surface area contributed by atoms with Gasteiger partial charge in [0.05, 0.1) is 5.69 Å². The predicted octanol–water partition coefficient (Wildman–Crippen LogP) is 2.26. The van der Waals surface area contributed by atoms with Crippen LogP contribution in [-0.4, -0.2) is 30.0 Å². The Morgan fingerprint density at radius 3 is 2.80 bits per heavy atom. The van der Waals surface area contributed by atoms with Crippen molar-refractivity contribution in [2.75, 3.05) is 19.4 Å². The van der Waals surface area contributed by atoms with Crippen LogP contribution in [0, 0.1) is 0 Å². The number of urea groups is 1. The topological polar surface area (TPSA) is 48.1 Å². The Hall–Kier alpha value is -1.97. The van der Waals surface area contributed by atoms with E-state index < -0.39 is 0 Å². The standard InChI is InChI=1S/C11H13N3O/c1-14(2)11(15)13-10-7-12-9-6-4-3-5-8(9)10/h3-7,12H,1-2H3,(H,13,15). The summed E-state index contributed by atoms with van der Waals surface area (Å²) in [4.78, 5) is 16.1. The fourth-order valence-corrected chi connectivity index (χ4v) is 1.40. The van der Waals surface area contributed by atoms with E-state index in [9.17, 15) is 4.79 Å². The Morgan fingerprint density at radius 1 is 1.33 bits per heavy atom. The lowest BCUT2D eigenvalue weighted by molar-refractivity contribution is 0.231. The molecule has 0 radical (unpaired) electrons. The third kappa shape index (κ3) is 1.79. The van der Waals surface area contributed by atoms with Crippen LogP contribution < -0.4 is 5.32 Å². The van der Waals surface area contributed by atoms with Crippen LogP contribution in [-0.2, 0) is 0 Å². The van der Waals surface area contributed by atoms with Crippen molar-refractivity contribution in [3.8, 4) is 0 Å². The van der Waals surface area contributed by atoms with Crippen LogP contribution in [0.2, 0.25) is 0 Å². The van der Waals surface area contributed by atoms with Crippen LogP contribution in [0.1, 0.15) is 0 Å². The van der Waals surface area contributed by atoms with Crippen molar-refractivity contribution >= 4 is 22.6 Å². The molecule has 2 amide bonds. The molecular weight excluding hydrogens is 190 g/mol. The lowest BCUT2D eigenvalue weighted by Gasteiger charge is -2.10. The number of amides is 2. The van der Waals surface area contributed by atoms with Gasteiger partial charge in [0, 0.05) is 31.2 Å². The van der Waals surface area contributed by atoms with E-state index in [0.717, 1.165) is 16.6 Å². The number of aromatic amines is 1. The van der Waals surface area contributed by atoms with Gasteiger partial charge in [-0.25, -0.2) is 4.79 Å². The van der Waals surface area contributed by atoms with Gasteiger partial charge in [0.1, 0.15) is 0 Å². The molecule has 0 saturated carbocycles. The maximum Gasteiger partial charge on any atom is 0.321 e. The highest BCUT2D eigenvalue weighted by atomic mass is 16.2. The molecule has 0 aliphatic carbocycles. The zero-order valence-corrected chi connectivity index (χ0v) is 8.74. The van der Waals surface area contributed by atoms with Crippen molar-refractivity contribution in [1.29, 1.82) is 0 Å². The first-order valence-corrected chi connectivity index (χ1v) is 4.73. The van der Waals surface area contributed by atoms with Crippen LogP contribution in [0.25, 0.3) is 10.9 Å². The summed E-state index contributed by atoms with van der Waals surface area (Å²) in [7, 11) is 3.42. The molecule has 2 rings (SSSR count). The van der Waals surface area contributed by atoms with Crippen LogP contribution in [0.5, 0.6) is 0 Å². The molecule has 0 aliphatic rings. The molecule has 15 heavy (non-hydrogen) atoms. The first-order chi connectivity index (χ1) is 7.18. The van der Waals surface area contributed by atoms with Crippen molar-refractivity contribution in [2.24, 2.45) is 0 Å². The van der Waals surface area contributed by atoms with E-state index >= 15 is 0 Å². The van der Waals surface area contributed by atoms with E-state index in [1.165, 1.54) is 4.90 Å². The number of rotatable bonds is 1. The molecule has 4 nitrogen and oxygen atoms in total. The number of H-pyrrole nitrogens is 1. The fourth-order valence-electron chi connectivity index (χ4n) is 1.40. The summed E-state index contributed by atoms with van der Waals surface area (Å²) in [6.07, 6.45) is 1.80. The third-order valence-electron chi connectivity index (χ3n) is 2.24. The average Bonchev–Trinajstić information content (AvgIpc) is 2.62. The minimum atomic E-state index is -0.125. The number of carbonyl (C=O) groups is 1. The normalized spacial score (nSPS) is 10.3. The third-order valence-corrected chi connectivity index (χ3v) is 2.24. The van der Waals surface area contributed by atoms with Gasteiger partial charge in [-0.05, 0) is 6.07 Å². The summed E-state index contributed by atoms with van der Waals surface area (Å²) < 4.78 is 0. The number of hydrogen-bond donors (Lipinski definition) is 2. The molecule has 2 N–H and O–H groups in total. The summed E-state index contributed by atoms with van der Waals surface area (Å²) in [5.74, 6) is 0. The number of anilines is 1. The number of hydrogen-bond acceptors (Lipinski definition) is 1. The minimum Gasteiger partial charge on any atom is -0.359 e. The highest BCUT2D eigenvalue weighted by Gasteiger charge is 2.07. The Morgan fingerprint density at radius 2 is 2.07 bits per heavy atom. The Balaban J connectivity index is 2.33. The molecule has 0 unspecified atom stereocenters. The minimum absolute atomic E-state index is 0.125. The lowest BCUT2D eigenvalue weighted by Crippen LogP contribution is -2.27. The zero-order valence-electron chi connectivity index (χ0n) is 8.74. The molecule has 0 saturated heterocycles. The quantitative estimate of drug-likeness (QED) is 0.733. The van der Waals surface area contributed by atoms with Crippen molar-refractivity contribution in [2.45, 2.75) is 0 Å². The number of benzene rings is 1. The second-order valence-corrected chi connectivity index (χ2v) is 3.57. The van der Waals surface area contributed by atoms with E-state index in [1.807, 2.05) is 24.3 Å². The molecule has 1 aromatic heterocycles. The summed E-state index contributed by atoms with van der Waals surface area (Å²) in [6, 6.07) is 7.72. The Kier molecular flexibility index (Phi) is 2.33. The number of carbonyl (C=O) groups excluding carboxylic acids is 1. The van der Waals surface area contributed by atoms with Gasteiger partial charge >= 0.3 is 6.03 Å². The number of para-hydroxylation sites is 1. The van der Waals surface area contributed by atoms with Gasteiger partial charge in [-0.15, -0.1) is 0 Å². The average molecular weight is 203 g/mol. The molecule has 1 heterocycles. The molecule has 78 valence electrons. The van der Waals surface area contributed by atoms with Gasteiger partial charge in [-0.1, -0.05) is 18.2 Å². The molecule has 0 atom stereocenters. The largest absolute Gasteiger partial charge is 0.359 e. The highest BCUT2D eigenvalue weighted by molar-refractivity contribution is 6.00. The Labute approximate surface area is 87.9 Å². The molecule has 4 heteroatoms. The summed E-state index contributed by atoms with van der Waals surface area (Å²) in [5.41, 5.74) is 1.83. The van der Waals surface area contributed by atoms with Crippen LogP contribution in [0.3, 0.4) is 0 Å². The van der Waals surface area contributed by atoms with Gasteiger partial charge in [-0.2, -0.15) is 0 Å². The van der Waals surface area contributed by atoms with Crippen molar-refractivity contribution < 1.29 is 4.79 Å². The van der Waals surface area contributed by atoms with Gasteiger partial charge in [0.25, 0.3) is 0 Å². The predicted molar refractivity (Wildman–Crippen MR) is 61.0 cm³/mol. The SMILES string of the molecule is CN(C)C(=O)Nc1c[nH]c2ccccc12. The van der Waals surface area contributed by atoms with Gasteiger partial charge in [0.15, 0.2) is 0 Å². The Bertz CT molecular complexity index is 487.